The lowest BCUT2D eigenvalue weighted by atomic mass is 10.2. The summed E-state index contributed by atoms with van der Waals surface area (Å²) in [5, 5.41) is 3.56. The Labute approximate surface area is 120 Å². The van der Waals surface area contributed by atoms with Crippen molar-refractivity contribution in [2.45, 2.75) is 13.5 Å². The maximum absolute atomic E-state index is 12.0. The zero-order valence-corrected chi connectivity index (χ0v) is 11.7. The highest BCUT2D eigenvalue weighted by atomic mass is 35.5. The number of rotatable bonds is 3. The zero-order valence-electron chi connectivity index (χ0n) is 10.2. The number of halogens is 2. The fraction of sp³-hybridized carbons (Fsp3) is 0.154. The Morgan fingerprint density at radius 1 is 1.26 bits per heavy atom. The van der Waals surface area contributed by atoms with E-state index in [0.29, 0.717) is 22.2 Å². The summed E-state index contributed by atoms with van der Waals surface area (Å²) in [6.45, 7) is 2.18. The molecule has 0 aliphatic rings. The average molecular weight is 296 g/mol. The molecule has 1 N–H and O–H groups in total. The zero-order chi connectivity index (χ0) is 13.8. The van der Waals surface area contributed by atoms with Crippen LogP contribution in [0.4, 0.5) is 0 Å². The molecule has 0 bridgehead atoms. The first-order valence-electron chi connectivity index (χ1n) is 5.57. The third-order valence-corrected chi connectivity index (χ3v) is 3.01. The lowest BCUT2D eigenvalue weighted by molar-refractivity contribution is 0.0950. The Morgan fingerprint density at radius 3 is 2.74 bits per heavy atom. The van der Waals surface area contributed by atoms with Crippen molar-refractivity contribution in [2.75, 3.05) is 0 Å². The summed E-state index contributed by atoms with van der Waals surface area (Å²) in [5.41, 5.74) is 1.98. The van der Waals surface area contributed by atoms with Gasteiger partial charge in [0.2, 0.25) is 0 Å². The number of amides is 1. The highest BCUT2D eigenvalue weighted by Gasteiger charge is 2.10. The van der Waals surface area contributed by atoms with Gasteiger partial charge in [0, 0.05) is 10.7 Å². The lowest BCUT2D eigenvalue weighted by Gasteiger charge is -2.07. The van der Waals surface area contributed by atoms with Crippen molar-refractivity contribution in [1.82, 2.24) is 15.3 Å². The summed E-state index contributed by atoms with van der Waals surface area (Å²) in [6, 6.07) is 6.55. The van der Waals surface area contributed by atoms with Gasteiger partial charge in [-0.2, -0.15) is 0 Å². The monoisotopic (exact) mass is 295 g/mol. The van der Waals surface area contributed by atoms with Crippen molar-refractivity contribution in [2.24, 2.45) is 0 Å². The Bertz CT molecular complexity index is 617. The summed E-state index contributed by atoms with van der Waals surface area (Å²) in [6.07, 6.45) is 1.46. The van der Waals surface area contributed by atoms with Crippen LogP contribution in [0.5, 0.6) is 0 Å². The minimum Gasteiger partial charge on any atom is -0.346 e. The van der Waals surface area contributed by atoms with Crippen LogP contribution in [0, 0.1) is 6.92 Å². The smallest absolute Gasteiger partial charge is 0.253 e. The number of carbonyl (C=O) groups excluding carboxylic acids is 1. The molecule has 19 heavy (non-hydrogen) atoms. The van der Waals surface area contributed by atoms with Gasteiger partial charge in [-0.25, -0.2) is 9.97 Å². The number of carbonyl (C=O) groups is 1. The van der Waals surface area contributed by atoms with Gasteiger partial charge in [0.05, 0.1) is 22.8 Å². The van der Waals surface area contributed by atoms with E-state index in [9.17, 15) is 4.79 Å². The van der Waals surface area contributed by atoms with Crippen LogP contribution in [0.15, 0.2) is 30.6 Å². The molecule has 0 fully saturated rings. The maximum Gasteiger partial charge on any atom is 0.253 e. The van der Waals surface area contributed by atoms with Crippen molar-refractivity contribution < 1.29 is 4.79 Å². The third kappa shape index (κ3) is 3.66. The first-order valence-corrected chi connectivity index (χ1v) is 6.32. The van der Waals surface area contributed by atoms with Crippen molar-refractivity contribution in [3.63, 3.8) is 0 Å². The van der Waals surface area contributed by atoms with Gasteiger partial charge in [-0.15, -0.1) is 0 Å². The molecule has 1 aromatic heterocycles. The summed E-state index contributed by atoms with van der Waals surface area (Å²) in [5.74, 6) is -0.266. The molecule has 0 spiro atoms. The second kappa shape index (κ2) is 5.99. The normalized spacial score (nSPS) is 10.3. The molecule has 0 aliphatic carbocycles. The number of hydrogen-bond acceptors (Lipinski definition) is 3. The van der Waals surface area contributed by atoms with Crippen LogP contribution in [0.2, 0.25) is 10.0 Å². The average Bonchev–Trinajstić information content (AvgIpc) is 2.36. The van der Waals surface area contributed by atoms with Crippen LogP contribution in [-0.2, 0) is 6.54 Å². The van der Waals surface area contributed by atoms with Gasteiger partial charge < -0.3 is 5.32 Å². The molecule has 1 amide bonds. The number of aromatic nitrogens is 2. The molecule has 1 aromatic carbocycles. The van der Waals surface area contributed by atoms with Gasteiger partial charge in [-0.3, -0.25) is 4.79 Å². The molecule has 0 aliphatic heterocycles. The molecule has 2 rings (SSSR count). The number of nitrogens with zero attached hydrogens (tertiary/aromatic N) is 2. The first kappa shape index (κ1) is 13.8. The fourth-order valence-electron chi connectivity index (χ4n) is 1.55. The second-order valence-corrected chi connectivity index (χ2v) is 4.80. The van der Waals surface area contributed by atoms with Crippen molar-refractivity contribution >= 4 is 29.1 Å². The minimum absolute atomic E-state index is 0.266. The van der Waals surface area contributed by atoms with Crippen LogP contribution in [0.1, 0.15) is 21.7 Å². The molecule has 98 valence electrons. The maximum atomic E-state index is 12.0. The van der Waals surface area contributed by atoms with E-state index in [-0.39, 0.29) is 5.91 Å². The van der Waals surface area contributed by atoms with Gasteiger partial charge in [0.25, 0.3) is 5.91 Å². The summed E-state index contributed by atoms with van der Waals surface area (Å²) in [7, 11) is 0. The third-order valence-electron chi connectivity index (χ3n) is 2.47. The predicted octanol–water partition coefficient (Wildman–Crippen LogP) is 3.02. The largest absolute Gasteiger partial charge is 0.346 e. The second-order valence-electron chi connectivity index (χ2n) is 3.96. The highest BCUT2D eigenvalue weighted by molar-refractivity contribution is 6.36. The predicted molar refractivity (Wildman–Crippen MR) is 74.4 cm³/mol. The van der Waals surface area contributed by atoms with Crippen LogP contribution in [-0.4, -0.2) is 15.9 Å². The molecule has 4 nitrogen and oxygen atoms in total. The Hall–Kier alpha value is -1.65. The van der Waals surface area contributed by atoms with Gasteiger partial charge in [-0.1, -0.05) is 23.2 Å². The van der Waals surface area contributed by atoms with E-state index in [1.165, 1.54) is 12.4 Å². The van der Waals surface area contributed by atoms with Crippen LogP contribution in [0.3, 0.4) is 0 Å². The van der Waals surface area contributed by atoms with Crippen LogP contribution < -0.4 is 5.32 Å². The highest BCUT2D eigenvalue weighted by Crippen LogP contribution is 2.20. The topological polar surface area (TPSA) is 54.9 Å². The summed E-state index contributed by atoms with van der Waals surface area (Å²) >= 11 is 11.7. The van der Waals surface area contributed by atoms with Gasteiger partial charge >= 0.3 is 0 Å². The van der Waals surface area contributed by atoms with E-state index >= 15 is 0 Å². The van der Waals surface area contributed by atoms with Crippen LogP contribution in [0.25, 0.3) is 0 Å². The van der Waals surface area contributed by atoms with E-state index in [4.69, 9.17) is 23.2 Å². The van der Waals surface area contributed by atoms with Crippen LogP contribution >= 0.6 is 23.2 Å². The quantitative estimate of drug-likeness (QED) is 0.947. The van der Waals surface area contributed by atoms with Gasteiger partial charge in [-0.05, 0) is 31.2 Å². The summed E-state index contributed by atoms with van der Waals surface area (Å²) < 4.78 is 0. The molecule has 0 unspecified atom stereocenters. The van der Waals surface area contributed by atoms with E-state index < -0.39 is 0 Å². The molecule has 0 saturated carbocycles. The first-order chi connectivity index (χ1) is 9.06. The molecule has 0 radical (unpaired) electrons. The Morgan fingerprint density at radius 2 is 2.05 bits per heavy atom. The molecular formula is C13H11Cl2N3O. The summed E-state index contributed by atoms with van der Waals surface area (Å²) in [4.78, 5) is 20.0. The van der Waals surface area contributed by atoms with Crippen molar-refractivity contribution in [3.8, 4) is 0 Å². The van der Waals surface area contributed by atoms with E-state index in [1.54, 1.807) is 12.1 Å². The lowest BCUT2D eigenvalue weighted by Crippen LogP contribution is -2.23. The Balaban J connectivity index is 2.05. The number of benzene rings is 1. The standard InChI is InChI=1S/C13H11Cl2N3O/c1-8-4-10(18-7-17-8)6-16-13(19)11-3-2-9(14)5-12(11)15/h2-5,7H,6H2,1H3,(H,16,19). The SMILES string of the molecule is Cc1cc(CNC(=O)c2ccc(Cl)cc2Cl)ncn1. The molecular weight excluding hydrogens is 285 g/mol. The van der Waals surface area contributed by atoms with E-state index in [0.717, 1.165) is 11.4 Å². The van der Waals surface area contributed by atoms with Crippen molar-refractivity contribution in [1.29, 1.82) is 0 Å². The molecule has 1 heterocycles. The van der Waals surface area contributed by atoms with Gasteiger partial charge in [0.15, 0.2) is 0 Å². The molecule has 6 heteroatoms. The number of nitrogens with one attached hydrogen (secondary N) is 1. The van der Waals surface area contributed by atoms with E-state index in [1.807, 2.05) is 13.0 Å². The van der Waals surface area contributed by atoms with Crippen molar-refractivity contribution in [3.05, 3.63) is 57.6 Å². The molecule has 2 aromatic rings. The minimum atomic E-state index is -0.266. The van der Waals surface area contributed by atoms with Gasteiger partial charge in [0.1, 0.15) is 6.33 Å². The Kier molecular flexibility index (Phi) is 4.35. The number of aryl methyl sites for hydroxylation is 1. The number of hydrogen-bond donors (Lipinski definition) is 1. The molecule has 0 atom stereocenters. The fourth-order valence-corrected chi connectivity index (χ4v) is 2.04. The van der Waals surface area contributed by atoms with E-state index in [2.05, 4.69) is 15.3 Å². The molecule has 0 saturated heterocycles.